The number of hydrogen-bond acceptors (Lipinski definition) is 1. The minimum absolute atomic E-state index is 0.139. The Balaban J connectivity index is 2.73. The molecule has 1 radical (unpaired) electrons. The predicted octanol–water partition coefficient (Wildman–Crippen LogP) is 3.58. The third-order valence-electron chi connectivity index (χ3n) is 2.04. The van der Waals surface area contributed by atoms with E-state index in [0.29, 0.717) is 0 Å². The highest BCUT2D eigenvalue weighted by atomic mass is 16.5. The molecule has 1 atom stereocenters. The van der Waals surface area contributed by atoms with Gasteiger partial charge in [0.25, 0.3) is 0 Å². The second kappa shape index (κ2) is 5.48. The number of hydrogen-bond donors (Lipinski definition) is 0. The van der Waals surface area contributed by atoms with Gasteiger partial charge in [-0.15, -0.1) is 6.58 Å². The second-order valence-electron chi connectivity index (χ2n) is 3.26. The highest BCUT2D eigenvalue weighted by molar-refractivity contribution is 5.33. The Morgan fingerprint density at radius 1 is 1.50 bits per heavy atom. The maximum absolute atomic E-state index is 5.53. The van der Waals surface area contributed by atoms with Crippen LogP contribution in [0, 0.1) is 6.92 Å². The molecular formula is C13H17O. The molecule has 14 heavy (non-hydrogen) atoms. The van der Waals surface area contributed by atoms with Gasteiger partial charge in [-0.05, 0) is 31.0 Å². The molecule has 0 aromatic heterocycles. The zero-order chi connectivity index (χ0) is 10.4. The SMILES string of the molecule is [CH2]C(C=C)c1cccc(OCCC)c1. The van der Waals surface area contributed by atoms with Crippen molar-refractivity contribution in [3.05, 3.63) is 49.4 Å². The molecule has 0 saturated carbocycles. The maximum Gasteiger partial charge on any atom is 0.119 e. The Hall–Kier alpha value is -1.24. The largest absolute Gasteiger partial charge is 0.494 e. The fourth-order valence-electron chi connectivity index (χ4n) is 1.19. The van der Waals surface area contributed by atoms with Crippen LogP contribution in [0.25, 0.3) is 0 Å². The average molecular weight is 189 g/mol. The lowest BCUT2D eigenvalue weighted by Crippen LogP contribution is -1.96. The van der Waals surface area contributed by atoms with Gasteiger partial charge in [0.05, 0.1) is 6.61 Å². The van der Waals surface area contributed by atoms with Crippen LogP contribution in [0.3, 0.4) is 0 Å². The summed E-state index contributed by atoms with van der Waals surface area (Å²) in [6, 6.07) is 8.02. The van der Waals surface area contributed by atoms with Gasteiger partial charge < -0.3 is 4.74 Å². The molecule has 0 aliphatic carbocycles. The van der Waals surface area contributed by atoms with Crippen molar-refractivity contribution >= 4 is 0 Å². The lowest BCUT2D eigenvalue weighted by atomic mass is 10.0. The molecule has 75 valence electrons. The lowest BCUT2D eigenvalue weighted by molar-refractivity contribution is 0.317. The first kappa shape index (κ1) is 10.8. The van der Waals surface area contributed by atoms with E-state index in [1.54, 1.807) is 0 Å². The van der Waals surface area contributed by atoms with E-state index in [0.717, 1.165) is 24.3 Å². The van der Waals surface area contributed by atoms with Crippen LogP contribution in [0.2, 0.25) is 0 Å². The molecule has 0 N–H and O–H groups in total. The van der Waals surface area contributed by atoms with E-state index < -0.39 is 0 Å². The zero-order valence-corrected chi connectivity index (χ0v) is 8.70. The van der Waals surface area contributed by atoms with Crippen LogP contribution < -0.4 is 4.74 Å². The minimum Gasteiger partial charge on any atom is -0.494 e. The Bertz CT molecular complexity index is 291. The van der Waals surface area contributed by atoms with Gasteiger partial charge >= 0.3 is 0 Å². The molecule has 0 aliphatic rings. The van der Waals surface area contributed by atoms with Crippen molar-refractivity contribution in [1.82, 2.24) is 0 Å². The third kappa shape index (κ3) is 2.91. The fraction of sp³-hybridized carbons (Fsp3) is 0.308. The van der Waals surface area contributed by atoms with Gasteiger partial charge in [0.2, 0.25) is 0 Å². The van der Waals surface area contributed by atoms with Crippen LogP contribution in [0.4, 0.5) is 0 Å². The van der Waals surface area contributed by atoms with Gasteiger partial charge in [-0.2, -0.15) is 0 Å². The molecule has 1 rings (SSSR count). The molecular weight excluding hydrogens is 172 g/mol. The molecule has 0 saturated heterocycles. The summed E-state index contributed by atoms with van der Waals surface area (Å²) < 4.78 is 5.53. The summed E-state index contributed by atoms with van der Waals surface area (Å²) in [5.74, 6) is 1.06. The van der Waals surface area contributed by atoms with Crippen molar-refractivity contribution in [2.45, 2.75) is 19.3 Å². The predicted molar refractivity (Wildman–Crippen MR) is 60.5 cm³/mol. The van der Waals surface area contributed by atoms with Crippen LogP contribution in [0.1, 0.15) is 24.8 Å². The summed E-state index contributed by atoms with van der Waals surface area (Å²) in [4.78, 5) is 0. The van der Waals surface area contributed by atoms with Crippen LogP contribution >= 0.6 is 0 Å². The van der Waals surface area contributed by atoms with Crippen molar-refractivity contribution < 1.29 is 4.74 Å². The Morgan fingerprint density at radius 2 is 2.29 bits per heavy atom. The molecule has 0 bridgehead atoms. The van der Waals surface area contributed by atoms with Crippen molar-refractivity contribution in [2.24, 2.45) is 0 Å². The standard InChI is InChI=1S/C13H17O/c1-4-9-14-13-8-6-7-12(10-13)11(3)5-2/h5-8,10-11H,2-4,9H2,1H3. The molecule has 1 nitrogen and oxygen atoms in total. The maximum atomic E-state index is 5.53. The van der Waals surface area contributed by atoms with Gasteiger partial charge in [0.15, 0.2) is 0 Å². The summed E-state index contributed by atoms with van der Waals surface area (Å²) in [5.41, 5.74) is 1.15. The van der Waals surface area contributed by atoms with Crippen molar-refractivity contribution in [3.63, 3.8) is 0 Å². The highest BCUT2D eigenvalue weighted by Crippen LogP contribution is 2.20. The third-order valence-corrected chi connectivity index (χ3v) is 2.04. The Labute approximate surface area is 86.4 Å². The van der Waals surface area contributed by atoms with Gasteiger partial charge in [-0.3, -0.25) is 0 Å². The monoisotopic (exact) mass is 189 g/mol. The quantitative estimate of drug-likeness (QED) is 0.643. The lowest BCUT2D eigenvalue weighted by Gasteiger charge is -2.09. The molecule has 0 heterocycles. The van der Waals surface area contributed by atoms with Crippen LogP contribution in [-0.4, -0.2) is 6.61 Å². The van der Waals surface area contributed by atoms with Crippen LogP contribution in [0.15, 0.2) is 36.9 Å². The molecule has 0 fully saturated rings. The van der Waals surface area contributed by atoms with Gasteiger partial charge in [0, 0.05) is 5.92 Å². The number of rotatable bonds is 5. The summed E-state index contributed by atoms with van der Waals surface area (Å²) in [7, 11) is 0. The first-order valence-corrected chi connectivity index (χ1v) is 4.96. The van der Waals surface area contributed by atoms with E-state index in [-0.39, 0.29) is 5.92 Å². The van der Waals surface area contributed by atoms with E-state index in [1.165, 1.54) is 0 Å². The van der Waals surface area contributed by atoms with Gasteiger partial charge in [-0.1, -0.05) is 25.1 Å². The van der Waals surface area contributed by atoms with E-state index in [2.05, 4.69) is 20.4 Å². The van der Waals surface area contributed by atoms with Crippen molar-refractivity contribution in [2.75, 3.05) is 6.61 Å². The van der Waals surface area contributed by atoms with E-state index >= 15 is 0 Å². The van der Waals surface area contributed by atoms with E-state index in [9.17, 15) is 0 Å². The van der Waals surface area contributed by atoms with E-state index in [1.807, 2.05) is 30.3 Å². The van der Waals surface area contributed by atoms with Gasteiger partial charge in [0.1, 0.15) is 5.75 Å². The number of ether oxygens (including phenoxy) is 1. The summed E-state index contributed by atoms with van der Waals surface area (Å²) in [6.45, 7) is 10.6. The number of benzene rings is 1. The smallest absolute Gasteiger partial charge is 0.119 e. The molecule has 1 unspecified atom stereocenters. The first-order valence-electron chi connectivity index (χ1n) is 4.96. The van der Waals surface area contributed by atoms with Crippen molar-refractivity contribution in [1.29, 1.82) is 0 Å². The Morgan fingerprint density at radius 3 is 2.93 bits per heavy atom. The van der Waals surface area contributed by atoms with Gasteiger partial charge in [-0.25, -0.2) is 0 Å². The molecule has 1 heteroatoms. The molecule has 0 amide bonds. The summed E-state index contributed by atoms with van der Waals surface area (Å²) >= 11 is 0. The molecule has 1 aromatic rings. The zero-order valence-electron chi connectivity index (χ0n) is 8.70. The van der Waals surface area contributed by atoms with Crippen LogP contribution in [0.5, 0.6) is 5.75 Å². The minimum atomic E-state index is 0.139. The topological polar surface area (TPSA) is 9.23 Å². The highest BCUT2D eigenvalue weighted by Gasteiger charge is 2.01. The van der Waals surface area contributed by atoms with Crippen LogP contribution in [-0.2, 0) is 0 Å². The molecule has 1 aromatic carbocycles. The Kier molecular flexibility index (Phi) is 4.24. The first-order chi connectivity index (χ1) is 6.77. The second-order valence-corrected chi connectivity index (χ2v) is 3.26. The molecule has 0 spiro atoms. The van der Waals surface area contributed by atoms with Crippen molar-refractivity contribution in [3.8, 4) is 5.75 Å². The molecule has 0 aliphatic heterocycles. The van der Waals surface area contributed by atoms with E-state index in [4.69, 9.17) is 4.74 Å². The number of allylic oxidation sites excluding steroid dienone is 1. The normalized spacial score (nSPS) is 12.1. The summed E-state index contributed by atoms with van der Waals surface area (Å²) in [5, 5.41) is 0. The average Bonchev–Trinajstić information content (AvgIpc) is 2.25. The summed E-state index contributed by atoms with van der Waals surface area (Å²) in [6.07, 6.45) is 2.86. The fourth-order valence-corrected chi connectivity index (χ4v) is 1.19.